The number of nitrogens with one attached hydrogen (secondary N) is 1. The lowest BCUT2D eigenvalue weighted by Gasteiger charge is -2.21. The van der Waals surface area contributed by atoms with Gasteiger partial charge in [0, 0.05) is 5.56 Å². The Hall–Kier alpha value is -1.76. The Morgan fingerprint density at radius 1 is 1.35 bits per heavy atom. The van der Waals surface area contributed by atoms with Crippen molar-refractivity contribution in [3.8, 4) is 0 Å². The van der Waals surface area contributed by atoms with Gasteiger partial charge in [0.05, 0.1) is 7.11 Å². The molecule has 1 rings (SSSR count). The van der Waals surface area contributed by atoms with Crippen LogP contribution in [0.4, 0.5) is 14.5 Å². The highest BCUT2D eigenvalue weighted by Crippen LogP contribution is 2.23. The van der Waals surface area contributed by atoms with Crippen molar-refractivity contribution in [3.05, 3.63) is 29.3 Å². The van der Waals surface area contributed by atoms with Crippen LogP contribution in [-0.4, -0.2) is 24.1 Å². The number of rotatable bonds is 5. The summed E-state index contributed by atoms with van der Waals surface area (Å²) in [6, 6.07) is 1.17. The van der Waals surface area contributed by atoms with Crippen LogP contribution in [-0.2, 0) is 9.53 Å². The fraction of sp³-hybridized carbons (Fsp3) is 0.385. The first kappa shape index (κ1) is 16.3. The van der Waals surface area contributed by atoms with Crippen LogP contribution < -0.4 is 11.1 Å². The van der Waals surface area contributed by atoms with E-state index in [0.29, 0.717) is 0 Å². The third kappa shape index (κ3) is 3.63. The summed E-state index contributed by atoms with van der Waals surface area (Å²) in [4.78, 5) is 11.5. The molecule has 1 unspecified atom stereocenters. The monoisotopic (exact) mass is 302 g/mol. The zero-order chi connectivity index (χ0) is 15.4. The number of benzene rings is 1. The molecule has 0 heterocycles. The lowest BCUT2D eigenvalue weighted by molar-refractivity contribution is -0.142. The molecule has 1 aromatic carbocycles. The Balaban J connectivity index is 3.14. The van der Waals surface area contributed by atoms with Gasteiger partial charge in [-0.15, -0.1) is 0 Å². The van der Waals surface area contributed by atoms with Gasteiger partial charge >= 0.3 is 5.97 Å². The highest BCUT2D eigenvalue weighted by atomic mass is 32.1. The van der Waals surface area contributed by atoms with Crippen molar-refractivity contribution in [2.75, 3.05) is 12.4 Å². The number of methoxy groups -OCH3 is 1. The molecule has 7 heteroatoms. The number of thiocarbonyl (C=S) groups is 1. The van der Waals surface area contributed by atoms with E-state index in [1.54, 1.807) is 13.8 Å². The summed E-state index contributed by atoms with van der Waals surface area (Å²) in [5, 5.41) is 2.52. The molecule has 0 aromatic heterocycles. The molecule has 0 aliphatic heterocycles. The quantitative estimate of drug-likeness (QED) is 0.645. The molecule has 0 fully saturated rings. The zero-order valence-electron chi connectivity index (χ0n) is 11.4. The van der Waals surface area contributed by atoms with Crippen LogP contribution in [0.15, 0.2) is 12.1 Å². The first-order chi connectivity index (χ1) is 9.27. The number of carbonyl (C=O) groups is 1. The number of nitrogens with two attached hydrogens (primary N) is 1. The first-order valence-electron chi connectivity index (χ1n) is 5.91. The summed E-state index contributed by atoms with van der Waals surface area (Å²) in [5.74, 6) is -2.56. The molecule has 0 radical (unpaired) electrons. The predicted octanol–water partition coefficient (Wildman–Crippen LogP) is 2.21. The van der Waals surface area contributed by atoms with E-state index in [1.165, 1.54) is 7.11 Å². The Morgan fingerprint density at radius 3 is 2.20 bits per heavy atom. The summed E-state index contributed by atoms with van der Waals surface area (Å²) in [6.07, 6.45) is 0. The van der Waals surface area contributed by atoms with Crippen LogP contribution in [0.5, 0.6) is 0 Å². The molecule has 0 spiro atoms. The number of ether oxygens (including phenoxy) is 1. The van der Waals surface area contributed by atoms with Gasteiger partial charge < -0.3 is 15.8 Å². The molecular weight excluding hydrogens is 286 g/mol. The summed E-state index contributed by atoms with van der Waals surface area (Å²) in [5.41, 5.74) is 5.00. The fourth-order valence-corrected chi connectivity index (χ4v) is 1.75. The van der Waals surface area contributed by atoms with Crippen LogP contribution in [0.25, 0.3) is 0 Å². The van der Waals surface area contributed by atoms with E-state index in [2.05, 4.69) is 22.3 Å². The van der Waals surface area contributed by atoms with Crippen molar-refractivity contribution >= 4 is 28.9 Å². The molecule has 0 aliphatic carbocycles. The van der Waals surface area contributed by atoms with Crippen molar-refractivity contribution in [2.24, 2.45) is 11.7 Å². The van der Waals surface area contributed by atoms with Gasteiger partial charge in [0.15, 0.2) is 0 Å². The maximum Gasteiger partial charge on any atom is 0.328 e. The van der Waals surface area contributed by atoms with Crippen molar-refractivity contribution in [1.82, 2.24) is 0 Å². The van der Waals surface area contributed by atoms with Gasteiger partial charge in [0.2, 0.25) is 0 Å². The van der Waals surface area contributed by atoms with Crippen molar-refractivity contribution < 1.29 is 18.3 Å². The second-order valence-corrected chi connectivity index (χ2v) is 5.01. The summed E-state index contributed by atoms with van der Waals surface area (Å²) < 4.78 is 32.4. The van der Waals surface area contributed by atoms with E-state index in [-0.39, 0.29) is 16.5 Å². The summed E-state index contributed by atoms with van der Waals surface area (Å²) in [7, 11) is 1.21. The number of hydrogen-bond donors (Lipinski definition) is 2. The largest absolute Gasteiger partial charge is 0.467 e. The van der Waals surface area contributed by atoms with E-state index < -0.39 is 29.3 Å². The molecule has 20 heavy (non-hydrogen) atoms. The van der Waals surface area contributed by atoms with Crippen LogP contribution in [0, 0.1) is 17.6 Å². The molecule has 0 bridgehead atoms. The first-order valence-corrected chi connectivity index (χ1v) is 6.32. The maximum absolute atomic E-state index is 13.9. The minimum Gasteiger partial charge on any atom is -0.467 e. The van der Waals surface area contributed by atoms with Gasteiger partial charge in [-0.05, 0) is 18.1 Å². The van der Waals surface area contributed by atoms with Crippen LogP contribution in [0.2, 0.25) is 0 Å². The standard InChI is InChI=1S/C13H16F2N2O2S/c1-6(2)10(13(18)19-3)17-11-8(14)4-7(12(16)20)5-9(11)15/h4-6,10,17H,1-3H3,(H2,16,20). The number of anilines is 1. The zero-order valence-corrected chi connectivity index (χ0v) is 12.2. The molecule has 0 saturated carbocycles. The van der Waals surface area contributed by atoms with E-state index in [1.807, 2.05) is 0 Å². The average Bonchev–Trinajstić information content (AvgIpc) is 2.36. The van der Waals surface area contributed by atoms with Crippen LogP contribution in [0.1, 0.15) is 19.4 Å². The van der Waals surface area contributed by atoms with Crippen molar-refractivity contribution in [2.45, 2.75) is 19.9 Å². The van der Waals surface area contributed by atoms with Gasteiger partial charge in [-0.2, -0.15) is 0 Å². The summed E-state index contributed by atoms with van der Waals surface area (Å²) >= 11 is 4.66. The van der Waals surface area contributed by atoms with E-state index in [0.717, 1.165) is 12.1 Å². The third-order valence-electron chi connectivity index (χ3n) is 2.75. The van der Waals surface area contributed by atoms with E-state index in [9.17, 15) is 13.6 Å². The molecule has 3 N–H and O–H groups in total. The Bertz CT molecular complexity index is 512. The number of hydrogen-bond acceptors (Lipinski definition) is 4. The highest BCUT2D eigenvalue weighted by Gasteiger charge is 2.25. The SMILES string of the molecule is COC(=O)C(Nc1c(F)cc(C(N)=S)cc1F)C(C)C. The van der Waals surface area contributed by atoms with Crippen molar-refractivity contribution in [1.29, 1.82) is 0 Å². The molecular formula is C13H16F2N2O2S. The van der Waals surface area contributed by atoms with E-state index >= 15 is 0 Å². The number of carbonyl (C=O) groups excluding carboxylic acids is 1. The minimum atomic E-state index is -0.873. The normalized spacial score (nSPS) is 12.1. The summed E-state index contributed by atoms with van der Waals surface area (Å²) in [6.45, 7) is 3.46. The topological polar surface area (TPSA) is 64.3 Å². The third-order valence-corrected chi connectivity index (χ3v) is 2.98. The van der Waals surface area contributed by atoms with Gasteiger partial charge in [-0.25, -0.2) is 13.6 Å². The Morgan fingerprint density at radius 2 is 1.85 bits per heavy atom. The molecule has 0 amide bonds. The maximum atomic E-state index is 13.9. The second-order valence-electron chi connectivity index (χ2n) is 4.57. The van der Waals surface area contributed by atoms with Crippen molar-refractivity contribution in [3.63, 3.8) is 0 Å². The van der Waals surface area contributed by atoms with Gasteiger partial charge in [0.1, 0.15) is 28.4 Å². The smallest absolute Gasteiger partial charge is 0.328 e. The van der Waals surface area contributed by atoms with E-state index in [4.69, 9.17) is 5.73 Å². The van der Waals surface area contributed by atoms with Gasteiger partial charge in [0.25, 0.3) is 0 Å². The van der Waals surface area contributed by atoms with Gasteiger partial charge in [-0.1, -0.05) is 26.1 Å². The molecule has 1 atom stereocenters. The number of esters is 1. The van der Waals surface area contributed by atoms with Gasteiger partial charge in [-0.3, -0.25) is 0 Å². The van der Waals surface area contributed by atoms with Crippen LogP contribution >= 0.6 is 12.2 Å². The lowest BCUT2D eigenvalue weighted by atomic mass is 10.0. The number of halogens is 2. The molecule has 0 aliphatic rings. The highest BCUT2D eigenvalue weighted by molar-refractivity contribution is 7.80. The van der Waals surface area contributed by atoms with Crippen LogP contribution in [0.3, 0.4) is 0 Å². The minimum absolute atomic E-state index is 0.0831. The Labute approximate surface area is 121 Å². The average molecular weight is 302 g/mol. The predicted molar refractivity (Wildman–Crippen MR) is 76.5 cm³/mol. The Kier molecular flexibility index (Phi) is 5.38. The lowest BCUT2D eigenvalue weighted by Crippen LogP contribution is -2.36. The molecule has 0 saturated heterocycles. The fourth-order valence-electron chi connectivity index (χ4n) is 1.63. The molecule has 4 nitrogen and oxygen atoms in total. The molecule has 110 valence electrons. The molecule has 1 aromatic rings. The second kappa shape index (κ2) is 6.60.